The van der Waals surface area contributed by atoms with Crippen molar-refractivity contribution in [1.82, 2.24) is 0 Å². The van der Waals surface area contributed by atoms with E-state index in [1.165, 1.54) is 71.9 Å². The second-order valence-electron chi connectivity index (χ2n) is 14.4. The molecular formula is C40H57O2Si2. The molecule has 4 heteroatoms. The standard InChI is InChI=1S/C40H57O2Si2/c1-10-11-12-13-14-21-29-35(41-43-40(5,6)7)37(32-25-19-16-20-26-32)36(31-23-17-15-18-24-31)33-27-22-28-34(30-33)38(39(2,3)4)42-44(8)9/h15-20,22-28,30,35,38H,10-14,21,29H2,1-9H3. The van der Waals surface area contributed by atoms with E-state index in [9.17, 15) is 0 Å². The monoisotopic (exact) mass is 625 g/mol. The van der Waals surface area contributed by atoms with E-state index in [0.29, 0.717) is 9.76 Å². The molecule has 2 nitrogen and oxygen atoms in total. The summed E-state index contributed by atoms with van der Waals surface area (Å²) in [6.07, 6.45) is 8.68. The van der Waals surface area contributed by atoms with Crippen molar-refractivity contribution in [1.29, 1.82) is 0 Å². The van der Waals surface area contributed by atoms with Crippen LogP contribution in [0, 0.1) is 5.41 Å². The zero-order valence-corrected chi connectivity index (χ0v) is 31.0. The van der Waals surface area contributed by atoms with Crippen LogP contribution in [0.25, 0.3) is 11.1 Å². The summed E-state index contributed by atoms with van der Waals surface area (Å²) < 4.78 is 13.7. The second-order valence-corrected chi connectivity index (χ2v) is 18.4. The molecule has 0 heterocycles. The maximum atomic E-state index is 7.01. The van der Waals surface area contributed by atoms with Crippen LogP contribution >= 0.6 is 0 Å². The van der Waals surface area contributed by atoms with Crippen LogP contribution in [-0.2, 0) is 8.85 Å². The molecule has 3 aromatic carbocycles. The van der Waals surface area contributed by atoms with Crippen molar-refractivity contribution in [2.24, 2.45) is 5.41 Å². The van der Waals surface area contributed by atoms with Gasteiger partial charge in [0.1, 0.15) is 0 Å². The molecule has 44 heavy (non-hydrogen) atoms. The molecule has 0 saturated carbocycles. The molecular weight excluding hydrogens is 569 g/mol. The fourth-order valence-corrected chi connectivity index (χ4v) is 7.34. The molecule has 0 aliphatic carbocycles. The Morgan fingerprint density at radius 3 is 1.84 bits per heavy atom. The van der Waals surface area contributed by atoms with Gasteiger partial charge >= 0.3 is 0 Å². The summed E-state index contributed by atoms with van der Waals surface area (Å²) in [5.41, 5.74) is 7.47. The van der Waals surface area contributed by atoms with Crippen LogP contribution in [0.1, 0.15) is 122 Å². The summed E-state index contributed by atoms with van der Waals surface area (Å²) in [6.45, 7) is 20.5. The predicted molar refractivity (Wildman–Crippen MR) is 194 cm³/mol. The van der Waals surface area contributed by atoms with Gasteiger partial charge in [0.15, 0.2) is 0 Å². The lowest BCUT2D eigenvalue weighted by molar-refractivity contribution is 0.0866. The topological polar surface area (TPSA) is 18.5 Å². The minimum atomic E-state index is -0.890. The smallest absolute Gasteiger partial charge is 0.236 e. The Morgan fingerprint density at radius 2 is 1.27 bits per heavy atom. The molecule has 0 fully saturated rings. The average molecular weight is 626 g/mol. The Kier molecular flexibility index (Phi) is 14.4. The van der Waals surface area contributed by atoms with E-state index in [-0.39, 0.29) is 22.7 Å². The Balaban J connectivity index is 2.26. The van der Waals surface area contributed by atoms with Gasteiger partial charge in [-0.1, -0.05) is 166 Å². The van der Waals surface area contributed by atoms with E-state index in [1.807, 2.05) is 0 Å². The molecule has 0 aromatic heterocycles. The van der Waals surface area contributed by atoms with Crippen LogP contribution in [0.4, 0.5) is 0 Å². The van der Waals surface area contributed by atoms with Gasteiger partial charge in [-0.25, -0.2) is 0 Å². The third kappa shape index (κ3) is 11.6. The zero-order chi connectivity index (χ0) is 32.2. The van der Waals surface area contributed by atoms with Crippen LogP contribution in [0.2, 0.25) is 18.1 Å². The highest BCUT2D eigenvalue weighted by atomic mass is 28.3. The maximum absolute atomic E-state index is 7.01. The lowest BCUT2D eigenvalue weighted by Gasteiger charge is -2.33. The largest absolute Gasteiger partial charge is 0.410 e. The minimum absolute atomic E-state index is 0.00393. The van der Waals surface area contributed by atoms with Gasteiger partial charge in [-0.3, -0.25) is 0 Å². The Bertz CT molecular complexity index is 1270. The number of hydrogen-bond donors (Lipinski definition) is 0. The predicted octanol–water partition coefficient (Wildman–Crippen LogP) is 12.0. The van der Waals surface area contributed by atoms with Gasteiger partial charge in [0, 0.05) is 0 Å². The summed E-state index contributed by atoms with van der Waals surface area (Å²) in [5.74, 6) is 0. The van der Waals surface area contributed by atoms with Crippen molar-refractivity contribution in [3.05, 3.63) is 107 Å². The Labute approximate surface area is 274 Å². The van der Waals surface area contributed by atoms with Gasteiger partial charge in [0.2, 0.25) is 18.8 Å². The lowest BCUT2D eigenvalue weighted by Crippen LogP contribution is -2.26. The quantitative estimate of drug-likeness (QED) is 0.0895. The summed E-state index contributed by atoms with van der Waals surface area (Å²) in [6, 6.07) is 31.1. The molecule has 237 valence electrons. The molecule has 3 radical (unpaired) electrons. The minimum Gasteiger partial charge on any atom is -0.410 e. The highest BCUT2D eigenvalue weighted by Crippen LogP contribution is 2.41. The zero-order valence-electron chi connectivity index (χ0n) is 29.0. The third-order valence-corrected chi connectivity index (χ3v) is 9.41. The maximum Gasteiger partial charge on any atom is 0.236 e. The number of unbranched alkanes of at least 4 members (excludes halogenated alkanes) is 5. The first-order valence-corrected chi connectivity index (χ1v) is 20.1. The average Bonchev–Trinajstić information content (AvgIpc) is 2.98. The van der Waals surface area contributed by atoms with Gasteiger partial charge in [-0.05, 0) is 69.4 Å². The molecule has 0 spiro atoms. The van der Waals surface area contributed by atoms with E-state index in [2.05, 4.69) is 146 Å². The first kappa shape index (κ1) is 36.2. The second kappa shape index (κ2) is 17.4. The van der Waals surface area contributed by atoms with Crippen molar-refractivity contribution in [3.8, 4) is 0 Å². The molecule has 0 aliphatic rings. The first-order chi connectivity index (χ1) is 20.9. The number of benzene rings is 3. The molecule has 3 aromatic rings. The fourth-order valence-electron chi connectivity index (χ4n) is 5.65. The van der Waals surface area contributed by atoms with Crippen LogP contribution in [0.5, 0.6) is 0 Å². The molecule has 2 unspecified atom stereocenters. The van der Waals surface area contributed by atoms with Crippen molar-refractivity contribution < 1.29 is 8.85 Å². The highest BCUT2D eigenvalue weighted by molar-refractivity contribution is 6.48. The van der Waals surface area contributed by atoms with E-state index < -0.39 is 9.04 Å². The molecule has 2 atom stereocenters. The summed E-state index contributed by atoms with van der Waals surface area (Å²) in [5, 5.41) is 0.102. The van der Waals surface area contributed by atoms with Crippen molar-refractivity contribution in [2.45, 2.75) is 124 Å². The van der Waals surface area contributed by atoms with Crippen LogP contribution in [0.3, 0.4) is 0 Å². The fraction of sp³-hybridized carbons (Fsp3) is 0.500. The van der Waals surface area contributed by atoms with Gasteiger partial charge in [0.05, 0.1) is 12.2 Å². The lowest BCUT2D eigenvalue weighted by atomic mass is 9.81. The number of rotatable bonds is 16. The van der Waals surface area contributed by atoms with E-state index in [1.54, 1.807) is 0 Å². The molecule has 0 N–H and O–H groups in total. The van der Waals surface area contributed by atoms with Gasteiger partial charge in [-0.15, -0.1) is 0 Å². The molecule has 0 bridgehead atoms. The van der Waals surface area contributed by atoms with Crippen molar-refractivity contribution in [3.63, 3.8) is 0 Å². The Hall–Kier alpha value is -2.25. The Morgan fingerprint density at radius 1 is 0.705 bits per heavy atom. The van der Waals surface area contributed by atoms with Gasteiger partial charge in [0.25, 0.3) is 0 Å². The van der Waals surface area contributed by atoms with Crippen LogP contribution in [0.15, 0.2) is 84.9 Å². The van der Waals surface area contributed by atoms with E-state index in [4.69, 9.17) is 8.85 Å². The SMILES string of the molecule is CCCCCCCCC(O[Si]C(C)(C)C)C(=C(c1ccccc1)c1cccc(C(O[Si](C)C)C(C)(C)C)c1)c1ccccc1. The molecule has 0 aliphatic heterocycles. The molecule has 3 rings (SSSR count). The first-order valence-electron chi connectivity index (χ1n) is 16.8. The summed E-state index contributed by atoms with van der Waals surface area (Å²) in [7, 11) is -0.478. The molecule has 0 amide bonds. The van der Waals surface area contributed by atoms with Crippen LogP contribution < -0.4 is 0 Å². The van der Waals surface area contributed by atoms with Crippen molar-refractivity contribution >= 4 is 29.9 Å². The van der Waals surface area contributed by atoms with E-state index >= 15 is 0 Å². The third-order valence-electron chi connectivity index (χ3n) is 7.68. The summed E-state index contributed by atoms with van der Waals surface area (Å²) >= 11 is 0. The van der Waals surface area contributed by atoms with Crippen molar-refractivity contribution in [2.75, 3.05) is 0 Å². The molecule has 0 saturated heterocycles. The number of hydrogen-bond acceptors (Lipinski definition) is 2. The van der Waals surface area contributed by atoms with E-state index in [0.717, 1.165) is 6.42 Å². The highest BCUT2D eigenvalue weighted by Gasteiger charge is 2.30. The van der Waals surface area contributed by atoms with Gasteiger partial charge in [-0.2, -0.15) is 0 Å². The van der Waals surface area contributed by atoms with Crippen LogP contribution in [-0.4, -0.2) is 24.9 Å². The van der Waals surface area contributed by atoms with Gasteiger partial charge < -0.3 is 8.85 Å². The summed E-state index contributed by atoms with van der Waals surface area (Å²) in [4.78, 5) is 0. The normalized spacial score (nSPS) is 14.4.